The average molecular weight is 639 g/mol. The monoisotopic (exact) mass is 638 g/mol. The molecule has 0 spiro atoms. The van der Waals surface area contributed by atoms with E-state index in [-0.39, 0.29) is 11.9 Å². The molecule has 47 heavy (non-hydrogen) atoms. The van der Waals surface area contributed by atoms with Gasteiger partial charge in [-0.1, -0.05) is 37.1 Å². The first kappa shape index (κ1) is 35.1. The first-order valence-electron chi connectivity index (χ1n) is 16.7. The fraction of sp³-hybridized carbons (Fsp3) is 0.385. The molecule has 0 aliphatic heterocycles. The number of aryl methyl sites for hydroxylation is 1. The normalized spacial score (nSPS) is 10.8. The maximum absolute atomic E-state index is 12.1. The van der Waals surface area contributed by atoms with Crippen LogP contribution in [0.5, 0.6) is 11.5 Å². The van der Waals surface area contributed by atoms with Gasteiger partial charge in [0.05, 0.1) is 37.8 Å². The van der Waals surface area contributed by atoms with E-state index in [4.69, 9.17) is 18.9 Å². The summed E-state index contributed by atoms with van der Waals surface area (Å²) in [6.07, 6.45) is 10.3. The lowest BCUT2D eigenvalue weighted by atomic mass is 9.96. The highest BCUT2D eigenvalue weighted by Crippen LogP contribution is 2.30. The van der Waals surface area contributed by atoms with E-state index in [9.17, 15) is 9.59 Å². The van der Waals surface area contributed by atoms with Crippen molar-refractivity contribution in [2.75, 3.05) is 26.4 Å². The van der Waals surface area contributed by atoms with Gasteiger partial charge in [0.15, 0.2) is 0 Å². The van der Waals surface area contributed by atoms with Crippen molar-refractivity contribution in [2.24, 2.45) is 0 Å². The van der Waals surface area contributed by atoms with E-state index >= 15 is 0 Å². The lowest BCUT2D eigenvalue weighted by Gasteiger charge is -2.16. The number of pyridine rings is 2. The Bertz CT molecular complexity index is 1470. The third kappa shape index (κ3) is 11.9. The van der Waals surface area contributed by atoms with Crippen molar-refractivity contribution >= 4 is 11.9 Å². The Hall–Kier alpha value is -4.72. The fourth-order valence-corrected chi connectivity index (χ4v) is 5.36. The zero-order chi connectivity index (χ0) is 33.1. The molecule has 0 fully saturated rings. The number of unbranched alkanes of at least 4 members (excludes halogenated alkanes) is 3. The van der Waals surface area contributed by atoms with Crippen molar-refractivity contribution in [3.05, 3.63) is 96.3 Å². The van der Waals surface area contributed by atoms with Gasteiger partial charge < -0.3 is 18.9 Å². The highest BCUT2D eigenvalue weighted by Gasteiger charge is 2.14. The van der Waals surface area contributed by atoms with Crippen LogP contribution in [0.1, 0.15) is 69.9 Å². The van der Waals surface area contributed by atoms with Crippen molar-refractivity contribution in [3.63, 3.8) is 0 Å². The Kier molecular flexibility index (Phi) is 14.7. The van der Waals surface area contributed by atoms with E-state index in [1.807, 2.05) is 67.6 Å². The van der Waals surface area contributed by atoms with Gasteiger partial charge in [-0.15, -0.1) is 0 Å². The summed E-state index contributed by atoms with van der Waals surface area (Å²) in [7, 11) is 0. The lowest BCUT2D eigenvalue weighted by molar-refractivity contribution is -0.144. The van der Waals surface area contributed by atoms with Crippen LogP contribution >= 0.6 is 0 Å². The quantitative estimate of drug-likeness (QED) is 0.0706. The van der Waals surface area contributed by atoms with E-state index in [1.165, 1.54) is 5.56 Å². The molecule has 0 amide bonds. The van der Waals surface area contributed by atoms with Crippen molar-refractivity contribution in [3.8, 4) is 34.0 Å². The predicted octanol–water partition coefficient (Wildman–Crippen LogP) is 8.21. The topological polar surface area (TPSA) is 96.8 Å². The van der Waals surface area contributed by atoms with Gasteiger partial charge in [-0.2, -0.15) is 0 Å². The minimum atomic E-state index is -0.218. The second kappa shape index (κ2) is 19.7. The van der Waals surface area contributed by atoms with Crippen molar-refractivity contribution in [1.82, 2.24) is 9.97 Å². The number of carbonyl (C=O) groups excluding carboxylic acids is 2. The highest BCUT2D eigenvalue weighted by molar-refractivity contribution is 5.72. The van der Waals surface area contributed by atoms with Gasteiger partial charge in [-0.05, 0) is 106 Å². The highest BCUT2D eigenvalue weighted by atomic mass is 16.5. The van der Waals surface area contributed by atoms with Crippen LogP contribution < -0.4 is 9.47 Å². The van der Waals surface area contributed by atoms with Crippen LogP contribution in [0.3, 0.4) is 0 Å². The second-order valence-corrected chi connectivity index (χ2v) is 11.1. The van der Waals surface area contributed by atoms with E-state index in [1.54, 1.807) is 19.3 Å². The fourth-order valence-electron chi connectivity index (χ4n) is 5.36. The van der Waals surface area contributed by atoms with E-state index < -0.39 is 0 Å². The number of hydrogen-bond donors (Lipinski definition) is 0. The SMILES string of the molecule is CCOC(=O)CCCOc1cccc(CCCCCCOc2cc(-c3ccccn3)cc(-c3ccccn3)c2)c1CCC(=O)OCC. The van der Waals surface area contributed by atoms with Gasteiger partial charge >= 0.3 is 11.9 Å². The summed E-state index contributed by atoms with van der Waals surface area (Å²) >= 11 is 0. The smallest absolute Gasteiger partial charge is 0.306 e. The van der Waals surface area contributed by atoms with Crippen molar-refractivity contribution in [2.45, 2.75) is 71.6 Å². The molecule has 0 saturated carbocycles. The molecule has 2 aromatic heterocycles. The minimum absolute atomic E-state index is 0.215. The Morgan fingerprint density at radius 3 is 1.89 bits per heavy atom. The van der Waals surface area contributed by atoms with E-state index in [0.29, 0.717) is 52.1 Å². The lowest BCUT2D eigenvalue weighted by Crippen LogP contribution is -2.10. The van der Waals surface area contributed by atoms with Gasteiger partial charge in [0.25, 0.3) is 0 Å². The number of nitrogens with zero attached hydrogens (tertiary/aromatic N) is 2. The molecule has 0 aliphatic rings. The summed E-state index contributed by atoms with van der Waals surface area (Å²) in [5.41, 5.74) is 5.99. The third-order valence-electron chi connectivity index (χ3n) is 7.64. The Morgan fingerprint density at radius 2 is 1.26 bits per heavy atom. The molecule has 4 rings (SSSR count). The summed E-state index contributed by atoms with van der Waals surface area (Å²) in [6, 6.07) is 24.0. The minimum Gasteiger partial charge on any atom is -0.494 e. The maximum atomic E-state index is 12.1. The van der Waals surface area contributed by atoms with Crippen LogP contribution in [-0.2, 0) is 31.9 Å². The summed E-state index contributed by atoms with van der Waals surface area (Å²) in [5.74, 6) is 1.14. The summed E-state index contributed by atoms with van der Waals surface area (Å²) in [4.78, 5) is 32.9. The molecule has 2 aromatic carbocycles. The van der Waals surface area contributed by atoms with Crippen molar-refractivity contribution < 1.29 is 28.5 Å². The standard InChI is InChI=1S/C39H46N2O6/c1-3-44-38(42)20-14-26-47-37-19-13-16-30(34(37)21-22-39(43)45-4-2)15-7-5-6-12-25-46-33-28-31(35-17-8-10-23-40-35)27-32(29-33)36-18-9-11-24-41-36/h8-11,13,16-19,23-24,27-29H,3-7,12,14-15,20-22,25-26H2,1-2H3. The summed E-state index contributed by atoms with van der Waals surface area (Å²) in [5, 5.41) is 0. The molecule has 8 nitrogen and oxygen atoms in total. The number of hydrogen-bond acceptors (Lipinski definition) is 8. The third-order valence-corrected chi connectivity index (χ3v) is 7.64. The van der Waals surface area contributed by atoms with Crippen LogP contribution in [0.25, 0.3) is 22.5 Å². The summed E-state index contributed by atoms with van der Waals surface area (Å²) < 4.78 is 22.5. The first-order valence-corrected chi connectivity index (χ1v) is 16.7. The molecule has 0 unspecified atom stereocenters. The Balaban J connectivity index is 1.29. The first-order chi connectivity index (χ1) is 23.1. The zero-order valence-electron chi connectivity index (χ0n) is 27.6. The van der Waals surface area contributed by atoms with E-state index in [2.05, 4.69) is 22.1 Å². The number of benzene rings is 2. The molecule has 0 bridgehead atoms. The van der Waals surface area contributed by atoms with Gasteiger partial charge in [-0.25, -0.2) is 0 Å². The molecular formula is C39H46N2O6. The molecule has 0 radical (unpaired) electrons. The Morgan fingerprint density at radius 1 is 0.617 bits per heavy atom. The van der Waals surface area contributed by atoms with Crippen molar-refractivity contribution in [1.29, 1.82) is 0 Å². The van der Waals surface area contributed by atoms with Gasteiger partial charge in [0, 0.05) is 36.4 Å². The molecule has 4 aromatic rings. The second-order valence-electron chi connectivity index (χ2n) is 11.1. The number of rotatable bonds is 20. The number of ether oxygens (including phenoxy) is 4. The summed E-state index contributed by atoms with van der Waals surface area (Å²) in [6.45, 7) is 5.38. The molecule has 0 saturated heterocycles. The van der Waals surface area contributed by atoms with Crippen LogP contribution in [0, 0.1) is 0 Å². The molecule has 2 heterocycles. The van der Waals surface area contributed by atoms with Gasteiger partial charge in [0.2, 0.25) is 0 Å². The predicted molar refractivity (Wildman–Crippen MR) is 183 cm³/mol. The molecule has 0 aliphatic carbocycles. The average Bonchev–Trinajstić information content (AvgIpc) is 3.10. The zero-order valence-corrected chi connectivity index (χ0v) is 27.6. The maximum Gasteiger partial charge on any atom is 0.306 e. The van der Waals surface area contributed by atoms with Crippen LogP contribution in [0.15, 0.2) is 85.2 Å². The molecule has 0 N–H and O–H groups in total. The largest absolute Gasteiger partial charge is 0.494 e. The van der Waals surface area contributed by atoms with Crippen LogP contribution in [0.2, 0.25) is 0 Å². The molecule has 0 atom stereocenters. The van der Waals surface area contributed by atoms with Crippen LogP contribution in [0.4, 0.5) is 0 Å². The molecular weight excluding hydrogens is 592 g/mol. The number of aromatic nitrogens is 2. The van der Waals surface area contributed by atoms with Gasteiger partial charge in [0.1, 0.15) is 11.5 Å². The van der Waals surface area contributed by atoms with E-state index in [0.717, 1.165) is 71.7 Å². The Labute approximate surface area is 278 Å². The van der Waals surface area contributed by atoms with Gasteiger partial charge in [-0.3, -0.25) is 19.6 Å². The van der Waals surface area contributed by atoms with Crippen LogP contribution in [-0.4, -0.2) is 48.3 Å². The molecule has 248 valence electrons. The molecule has 8 heteroatoms. The number of carbonyl (C=O) groups is 2. The number of esters is 2.